The predicted octanol–water partition coefficient (Wildman–Crippen LogP) is 3.72. The average molecular weight is 431 g/mol. The van der Waals surface area contributed by atoms with Gasteiger partial charge in [0.15, 0.2) is 0 Å². The van der Waals surface area contributed by atoms with Crippen molar-refractivity contribution in [1.29, 1.82) is 0 Å². The Balaban J connectivity index is 1.25. The highest BCUT2D eigenvalue weighted by Gasteiger charge is 2.28. The highest BCUT2D eigenvalue weighted by atomic mass is 16.2. The maximum Gasteiger partial charge on any atom is 0.230 e. The second-order valence-electron chi connectivity index (χ2n) is 8.33. The summed E-state index contributed by atoms with van der Waals surface area (Å²) in [5.41, 5.74) is 3.02. The van der Waals surface area contributed by atoms with Crippen molar-refractivity contribution < 1.29 is 9.59 Å². The summed E-state index contributed by atoms with van der Waals surface area (Å²) in [6.45, 7) is 3.43. The number of piperidine rings is 1. The second kappa shape index (κ2) is 10.3. The molecule has 1 aliphatic heterocycles. The molecule has 0 aliphatic carbocycles. The second-order valence-corrected chi connectivity index (χ2v) is 8.33. The third kappa shape index (κ3) is 5.25. The van der Waals surface area contributed by atoms with Crippen LogP contribution in [0.5, 0.6) is 0 Å². The molecule has 1 aliphatic rings. The Hall–Kier alpha value is -3.41. The van der Waals surface area contributed by atoms with Gasteiger partial charge in [0.05, 0.1) is 18.0 Å². The monoisotopic (exact) mass is 430 g/mol. The molecule has 1 fully saturated rings. The van der Waals surface area contributed by atoms with Crippen LogP contribution in [0, 0.1) is 0 Å². The molecule has 1 N–H and O–H groups in total. The summed E-state index contributed by atoms with van der Waals surface area (Å²) < 4.78 is 1.79. The topological polar surface area (TPSA) is 67.2 Å². The highest BCUT2D eigenvalue weighted by molar-refractivity contribution is 5.84. The summed E-state index contributed by atoms with van der Waals surface area (Å²) in [6.07, 6.45) is 6.36. The zero-order valence-electron chi connectivity index (χ0n) is 18.5. The number of hydrogen-bond acceptors (Lipinski definition) is 3. The first kappa shape index (κ1) is 21.8. The minimum atomic E-state index is -0.0907. The van der Waals surface area contributed by atoms with E-state index in [2.05, 4.69) is 17.3 Å². The summed E-state index contributed by atoms with van der Waals surface area (Å²) in [5.74, 6) is 0.130. The van der Waals surface area contributed by atoms with Crippen LogP contribution in [0.3, 0.4) is 0 Å². The molecule has 1 aromatic heterocycles. The molecule has 6 heteroatoms. The first-order valence-corrected chi connectivity index (χ1v) is 11.4. The fourth-order valence-electron chi connectivity index (χ4n) is 4.36. The number of aromatic nitrogens is 2. The predicted molar refractivity (Wildman–Crippen MR) is 124 cm³/mol. The molecular weight excluding hydrogens is 400 g/mol. The molecule has 2 amide bonds. The standard InChI is InChI=1S/C26H30N4O2/c1-2-24(21-7-4-3-5-8-21)26(32)29-17-13-22(14-18-29)28-25(31)19-20-9-11-23(12-10-20)30-16-6-15-27-30/h3-12,15-16,22,24H,2,13-14,17-19H2,1H3,(H,28,31). The fraction of sp³-hybridized carbons (Fsp3) is 0.346. The molecule has 0 radical (unpaired) electrons. The summed E-state index contributed by atoms with van der Waals surface area (Å²) >= 11 is 0. The zero-order chi connectivity index (χ0) is 22.3. The largest absolute Gasteiger partial charge is 0.353 e. The van der Waals surface area contributed by atoms with Crippen molar-refractivity contribution in [3.05, 3.63) is 84.2 Å². The van der Waals surface area contributed by atoms with E-state index in [4.69, 9.17) is 0 Å². The van der Waals surface area contributed by atoms with E-state index in [0.29, 0.717) is 19.5 Å². The maximum absolute atomic E-state index is 13.0. The summed E-state index contributed by atoms with van der Waals surface area (Å²) in [7, 11) is 0. The van der Waals surface area contributed by atoms with Crippen molar-refractivity contribution in [2.45, 2.75) is 44.6 Å². The van der Waals surface area contributed by atoms with Crippen LogP contribution in [0.1, 0.15) is 43.2 Å². The van der Waals surface area contributed by atoms with Gasteiger partial charge in [-0.2, -0.15) is 5.10 Å². The number of benzene rings is 2. The molecule has 1 atom stereocenters. The lowest BCUT2D eigenvalue weighted by molar-refractivity contribution is -0.134. The van der Waals surface area contributed by atoms with Crippen LogP contribution in [0.2, 0.25) is 0 Å². The Labute approximate surface area is 189 Å². The van der Waals surface area contributed by atoms with E-state index in [1.807, 2.05) is 71.8 Å². The Morgan fingerprint density at radius 2 is 1.75 bits per heavy atom. The minimum Gasteiger partial charge on any atom is -0.353 e. The lowest BCUT2D eigenvalue weighted by Gasteiger charge is -2.34. The van der Waals surface area contributed by atoms with Crippen LogP contribution in [0.25, 0.3) is 5.69 Å². The van der Waals surface area contributed by atoms with Gasteiger partial charge in [-0.1, -0.05) is 49.4 Å². The van der Waals surface area contributed by atoms with Gasteiger partial charge in [-0.3, -0.25) is 9.59 Å². The van der Waals surface area contributed by atoms with Crippen molar-refractivity contribution >= 4 is 11.8 Å². The average Bonchev–Trinajstić information content (AvgIpc) is 3.36. The van der Waals surface area contributed by atoms with Gasteiger partial charge < -0.3 is 10.2 Å². The number of likely N-dealkylation sites (tertiary alicyclic amines) is 1. The highest BCUT2D eigenvalue weighted by Crippen LogP contribution is 2.24. The van der Waals surface area contributed by atoms with Crippen molar-refractivity contribution in [3.63, 3.8) is 0 Å². The molecule has 1 unspecified atom stereocenters. The number of hydrogen-bond donors (Lipinski definition) is 1. The normalized spacial score (nSPS) is 15.3. The molecule has 0 spiro atoms. The summed E-state index contributed by atoms with van der Waals surface area (Å²) in [6, 6.07) is 19.9. The smallest absolute Gasteiger partial charge is 0.230 e. The third-order valence-corrected chi connectivity index (χ3v) is 6.15. The van der Waals surface area contributed by atoms with Gasteiger partial charge in [0.2, 0.25) is 11.8 Å². The van der Waals surface area contributed by atoms with E-state index >= 15 is 0 Å². The van der Waals surface area contributed by atoms with Gasteiger partial charge in [0.25, 0.3) is 0 Å². The van der Waals surface area contributed by atoms with Crippen LogP contribution < -0.4 is 5.32 Å². The lowest BCUT2D eigenvalue weighted by atomic mass is 9.93. The Bertz CT molecular complexity index is 1010. The maximum atomic E-state index is 13.0. The van der Waals surface area contributed by atoms with Crippen LogP contribution in [-0.2, 0) is 16.0 Å². The Morgan fingerprint density at radius 1 is 1.03 bits per heavy atom. The van der Waals surface area contributed by atoms with Gasteiger partial charge in [-0.25, -0.2) is 4.68 Å². The van der Waals surface area contributed by atoms with Gasteiger partial charge in [-0.05, 0) is 48.6 Å². The Morgan fingerprint density at radius 3 is 2.38 bits per heavy atom. The van der Waals surface area contributed by atoms with Crippen molar-refractivity contribution in [1.82, 2.24) is 20.0 Å². The molecule has 1 saturated heterocycles. The summed E-state index contributed by atoms with van der Waals surface area (Å²) in [4.78, 5) is 27.5. The Kier molecular flexibility index (Phi) is 7.00. The van der Waals surface area contributed by atoms with E-state index in [9.17, 15) is 9.59 Å². The van der Waals surface area contributed by atoms with Crippen molar-refractivity contribution in [2.75, 3.05) is 13.1 Å². The SMILES string of the molecule is CCC(C(=O)N1CCC(NC(=O)Cc2ccc(-n3cccn3)cc2)CC1)c1ccccc1. The first-order chi connectivity index (χ1) is 15.6. The zero-order valence-corrected chi connectivity index (χ0v) is 18.5. The van der Waals surface area contributed by atoms with E-state index in [-0.39, 0.29) is 23.8 Å². The number of amides is 2. The molecule has 6 nitrogen and oxygen atoms in total. The van der Waals surface area contributed by atoms with Crippen LogP contribution in [-0.4, -0.2) is 45.6 Å². The molecule has 4 rings (SSSR count). The van der Waals surface area contributed by atoms with Crippen LogP contribution in [0.4, 0.5) is 0 Å². The molecule has 0 bridgehead atoms. The van der Waals surface area contributed by atoms with E-state index in [1.165, 1.54) is 0 Å². The lowest BCUT2D eigenvalue weighted by Crippen LogP contribution is -2.48. The van der Waals surface area contributed by atoms with Crippen LogP contribution >= 0.6 is 0 Å². The number of nitrogens with zero attached hydrogens (tertiary/aromatic N) is 3. The molecular formula is C26H30N4O2. The molecule has 166 valence electrons. The van der Waals surface area contributed by atoms with Gasteiger partial charge in [0, 0.05) is 31.5 Å². The number of carbonyl (C=O) groups excluding carboxylic acids is 2. The van der Waals surface area contributed by atoms with E-state index in [1.54, 1.807) is 10.9 Å². The molecule has 2 aromatic carbocycles. The first-order valence-electron chi connectivity index (χ1n) is 11.4. The quantitative estimate of drug-likeness (QED) is 0.621. The third-order valence-electron chi connectivity index (χ3n) is 6.15. The fourth-order valence-corrected chi connectivity index (χ4v) is 4.36. The number of carbonyl (C=O) groups is 2. The molecule has 32 heavy (non-hydrogen) atoms. The van der Waals surface area contributed by atoms with E-state index in [0.717, 1.165) is 36.1 Å². The van der Waals surface area contributed by atoms with Crippen LogP contribution in [0.15, 0.2) is 73.1 Å². The van der Waals surface area contributed by atoms with Gasteiger partial charge in [0.1, 0.15) is 0 Å². The molecule has 2 heterocycles. The van der Waals surface area contributed by atoms with E-state index < -0.39 is 0 Å². The van der Waals surface area contributed by atoms with Crippen molar-refractivity contribution in [3.8, 4) is 5.69 Å². The summed E-state index contributed by atoms with van der Waals surface area (Å²) in [5, 5.41) is 7.37. The van der Waals surface area contributed by atoms with Gasteiger partial charge in [-0.15, -0.1) is 0 Å². The molecule has 0 saturated carbocycles. The number of rotatable bonds is 7. The van der Waals surface area contributed by atoms with Gasteiger partial charge >= 0.3 is 0 Å². The number of nitrogens with one attached hydrogen (secondary N) is 1. The molecule has 3 aromatic rings. The minimum absolute atomic E-state index is 0.0253. The van der Waals surface area contributed by atoms with Crippen molar-refractivity contribution in [2.24, 2.45) is 0 Å².